The molecule has 43 heavy (non-hydrogen) atoms. The number of aliphatic hydroxyl groups is 1. The lowest BCUT2D eigenvalue weighted by atomic mass is 9.78. The lowest BCUT2D eigenvalue weighted by molar-refractivity contribution is 0.101. The molecular weight excluding hydrogens is 653 g/mol. The molecule has 2 aromatic carbocycles. The quantitative estimate of drug-likeness (QED) is 0.129. The van der Waals surface area contributed by atoms with Gasteiger partial charge in [0.2, 0.25) is 0 Å². The van der Waals surface area contributed by atoms with Crippen LogP contribution in [0.2, 0.25) is 0 Å². The maximum Gasteiger partial charge on any atom is 0.168 e. The van der Waals surface area contributed by atoms with Crippen molar-refractivity contribution in [2.45, 2.75) is 77.5 Å². The van der Waals surface area contributed by atoms with E-state index in [4.69, 9.17) is 14.2 Å². The maximum atomic E-state index is 11.0. The molecular formula is C33H46O4S6. The topological polar surface area (TPSA) is 51.2 Å². The summed E-state index contributed by atoms with van der Waals surface area (Å²) < 4.78 is 18.8. The summed E-state index contributed by atoms with van der Waals surface area (Å²) in [6, 6.07) is 16.9. The van der Waals surface area contributed by atoms with Crippen molar-refractivity contribution in [3.63, 3.8) is 0 Å². The lowest BCUT2D eigenvalue weighted by Crippen LogP contribution is -2.54. The molecule has 0 aromatic heterocycles. The van der Waals surface area contributed by atoms with E-state index in [0.29, 0.717) is 13.2 Å². The van der Waals surface area contributed by atoms with Gasteiger partial charge in [-0.2, -0.15) is 11.8 Å². The molecule has 0 amide bonds. The van der Waals surface area contributed by atoms with Gasteiger partial charge >= 0.3 is 0 Å². The van der Waals surface area contributed by atoms with Crippen molar-refractivity contribution in [3.05, 3.63) is 59.7 Å². The molecule has 0 saturated carbocycles. The Morgan fingerprint density at radius 3 is 1.81 bits per heavy atom. The minimum absolute atomic E-state index is 0.0761. The number of aliphatic hydroxyl groups excluding tert-OH is 1. The standard InChI is InChI=1S/C33H46O4S6/c1-7-39-31(40-8-2)21-38-29(31)27(34)19-35-25-15-11-23(12-16-25)30(5,6)24-13-17-26(18-14-24)36-20-28-33(37-28)32(22-43-33,41-9-3)42-10-4/h11-18,27-29,34H,7-10,19-22H2,1-6H3. The number of ether oxygens (including phenoxy) is 3. The van der Waals surface area contributed by atoms with Crippen molar-refractivity contribution in [1.29, 1.82) is 0 Å². The van der Waals surface area contributed by atoms with E-state index < -0.39 is 6.10 Å². The van der Waals surface area contributed by atoms with Crippen molar-refractivity contribution in [2.75, 3.05) is 47.7 Å². The third kappa shape index (κ3) is 6.88. The molecule has 4 nitrogen and oxygen atoms in total. The molecule has 0 bridgehead atoms. The van der Waals surface area contributed by atoms with Gasteiger partial charge in [0, 0.05) is 16.9 Å². The zero-order chi connectivity index (χ0) is 30.7. The van der Waals surface area contributed by atoms with Gasteiger partial charge in [0.25, 0.3) is 0 Å². The van der Waals surface area contributed by atoms with E-state index in [1.807, 2.05) is 82.7 Å². The highest BCUT2D eigenvalue weighted by Crippen LogP contribution is 2.72. The number of hydrogen-bond donors (Lipinski definition) is 1. The average Bonchev–Trinajstić information content (AvgIpc) is 3.75. The molecule has 4 unspecified atom stereocenters. The van der Waals surface area contributed by atoms with Crippen molar-refractivity contribution >= 4 is 70.6 Å². The Hall–Kier alpha value is 0.0600. The predicted molar refractivity (Wildman–Crippen MR) is 196 cm³/mol. The number of benzene rings is 2. The van der Waals surface area contributed by atoms with Crippen molar-refractivity contribution in [3.8, 4) is 11.5 Å². The van der Waals surface area contributed by atoms with E-state index in [-0.39, 0.29) is 29.9 Å². The Morgan fingerprint density at radius 1 is 0.837 bits per heavy atom. The van der Waals surface area contributed by atoms with E-state index >= 15 is 0 Å². The lowest BCUT2D eigenvalue weighted by Gasteiger charge is -2.49. The van der Waals surface area contributed by atoms with Gasteiger partial charge in [-0.3, -0.25) is 0 Å². The number of thioether (sulfide) groups is 6. The van der Waals surface area contributed by atoms with Gasteiger partial charge in [0.15, 0.2) is 4.93 Å². The van der Waals surface area contributed by atoms with Crippen LogP contribution >= 0.6 is 70.6 Å². The van der Waals surface area contributed by atoms with E-state index in [1.165, 1.54) is 11.1 Å². The summed E-state index contributed by atoms with van der Waals surface area (Å²) in [7, 11) is 0. The first-order valence-corrected chi connectivity index (χ1v) is 21.3. The van der Waals surface area contributed by atoms with Crippen molar-refractivity contribution in [2.24, 2.45) is 0 Å². The molecule has 5 rings (SSSR count). The summed E-state index contributed by atoms with van der Waals surface area (Å²) in [5.74, 6) is 8.28. The van der Waals surface area contributed by atoms with Crippen LogP contribution in [0, 0.1) is 0 Å². The fourth-order valence-electron chi connectivity index (χ4n) is 5.95. The fourth-order valence-corrected chi connectivity index (χ4v) is 17.0. The number of rotatable bonds is 17. The summed E-state index contributed by atoms with van der Waals surface area (Å²) in [6.07, 6.45) is -0.325. The minimum atomic E-state index is -0.480. The smallest absolute Gasteiger partial charge is 0.168 e. The summed E-state index contributed by atoms with van der Waals surface area (Å²) >= 11 is 11.8. The van der Waals surface area contributed by atoms with E-state index in [0.717, 1.165) is 46.0 Å². The SMILES string of the molecule is CCSC1(SCC)CSC1C(O)COc1ccc(C(C)(C)c2ccc(OCC3OC34SCC4(SCC)SCC)cc2)cc1. The fraction of sp³-hybridized carbons (Fsp3) is 0.636. The van der Waals surface area contributed by atoms with Crippen LogP contribution in [-0.2, 0) is 10.2 Å². The first kappa shape index (κ1) is 34.4. The van der Waals surface area contributed by atoms with Gasteiger partial charge in [-0.25, -0.2) is 0 Å². The molecule has 3 aliphatic heterocycles. The summed E-state index contributed by atoms with van der Waals surface area (Å²) in [4.78, 5) is -0.0761. The monoisotopic (exact) mass is 698 g/mol. The zero-order valence-corrected chi connectivity index (χ0v) is 31.0. The zero-order valence-electron chi connectivity index (χ0n) is 26.1. The van der Waals surface area contributed by atoms with Crippen LogP contribution in [0.25, 0.3) is 0 Å². The maximum absolute atomic E-state index is 11.0. The molecule has 238 valence electrons. The molecule has 1 spiro atoms. The van der Waals surface area contributed by atoms with Gasteiger partial charge in [0.1, 0.15) is 41.0 Å². The van der Waals surface area contributed by atoms with Gasteiger partial charge in [-0.05, 0) is 58.4 Å². The van der Waals surface area contributed by atoms with Crippen molar-refractivity contribution in [1.82, 2.24) is 0 Å². The van der Waals surface area contributed by atoms with Gasteiger partial charge in [-0.1, -0.05) is 65.8 Å². The molecule has 1 N–H and O–H groups in total. The van der Waals surface area contributed by atoms with Gasteiger partial charge in [0.05, 0.1) is 9.33 Å². The molecule has 0 radical (unpaired) electrons. The second-order valence-electron chi connectivity index (χ2n) is 11.5. The minimum Gasteiger partial charge on any atom is -0.491 e. The Morgan fingerprint density at radius 2 is 1.37 bits per heavy atom. The number of epoxide rings is 1. The third-order valence-electron chi connectivity index (χ3n) is 8.45. The second kappa shape index (κ2) is 14.4. The molecule has 3 aliphatic rings. The molecule has 3 fully saturated rings. The van der Waals surface area contributed by atoms with Crippen LogP contribution in [-0.4, -0.2) is 83.4 Å². The highest BCUT2D eigenvalue weighted by molar-refractivity contribution is 8.23. The summed E-state index contributed by atoms with van der Waals surface area (Å²) in [5.41, 5.74) is 2.28. The highest BCUT2D eigenvalue weighted by Gasteiger charge is 2.76. The molecule has 0 aliphatic carbocycles. The number of hydrogen-bond acceptors (Lipinski definition) is 10. The van der Waals surface area contributed by atoms with E-state index in [1.54, 1.807) is 0 Å². The van der Waals surface area contributed by atoms with Crippen LogP contribution in [0.5, 0.6) is 11.5 Å². The molecule has 3 heterocycles. The highest BCUT2D eigenvalue weighted by atomic mass is 32.2. The Balaban J connectivity index is 1.13. The molecule has 2 aromatic rings. The summed E-state index contributed by atoms with van der Waals surface area (Å²) in [6.45, 7) is 14.3. The Bertz CT molecular complexity index is 1130. The van der Waals surface area contributed by atoms with Crippen molar-refractivity contribution < 1.29 is 19.3 Å². The van der Waals surface area contributed by atoms with Crippen LogP contribution in [0.4, 0.5) is 0 Å². The second-order valence-corrected chi connectivity index (χ2v) is 20.6. The van der Waals surface area contributed by atoms with Gasteiger partial charge in [-0.15, -0.1) is 58.8 Å². The largest absolute Gasteiger partial charge is 0.491 e. The van der Waals surface area contributed by atoms with Crippen LogP contribution in [0.15, 0.2) is 48.5 Å². The van der Waals surface area contributed by atoms with Crippen LogP contribution in [0.1, 0.15) is 52.7 Å². The van der Waals surface area contributed by atoms with Crippen LogP contribution in [0.3, 0.4) is 0 Å². The van der Waals surface area contributed by atoms with E-state index in [9.17, 15) is 5.11 Å². The average molecular weight is 699 g/mol. The molecule has 4 atom stereocenters. The third-order valence-corrected chi connectivity index (χ3v) is 19.3. The predicted octanol–water partition coefficient (Wildman–Crippen LogP) is 8.49. The first-order valence-electron chi connectivity index (χ1n) is 15.3. The Labute approximate surface area is 284 Å². The molecule has 10 heteroatoms. The molecule has 3 saturated heterocycles. The normalized spacial score (nSPS) is 25.9. The Kier molecular flexibility index (Phi) is 11.6. The van der Waals surface area contributed by atoms with Gasteiger partial charge < -0.3 is 19.3 Å². The van der Waals surface area contributed by atoms with Crippen LogP contribution < -0.4 is 9.47 Å². The first-order chi connectivity index (χ1) is 20.7. The van der Waals surface area contributed by atoms with E-state index in [2.05, 4.69) is 77.9 Å². The summed E-state index contributed by atoms with van der Waals surface area (Å²) in [5, 5.41) is 11.2.